The summed E-state index contributed by atoms with van der Waals surface area (Å²) in [6.07, 6.45) is -1.65. The number of alkyl halides is 2. The third kappa shape index (κ3) is 9.45. The molecule has 1 atom stereocenters. The molecule has 9 heteroatoms. The van der Waals surface area contributed by atoms with Crippen molar-refractivity contribution in [3.05, 3.63) is 23.8 Å². The van der Waals surface area contributed by atoms with Gasteiger partial charge in [0, 0.05) is 24.6 Å². The summed E-state index contributed by atoms with van der Waals surface area (Å²) < 4.78 is 42.1. The van der Waals surface area contributed by atoms with Gasteiger partial charge in [0.1, 0.15) is 23.1 Å². The molecule has 2 amide bonds. The van der Waals surface area contributed by atoms with Crippen molar-refractivity contribution in [2.75, 3.05) is 14.2 Å². The van der Waals surface area contributed by atoms with E-state index in [1.54, 1.807) is 39.0 Å². The van der Waals surface area contributed by atoms with Gasteiger partial charge in [0.05, 0.1) is 14.2 Å². The fourth-order valence-corrected chi connectivity index (χ4v) is 2.42. The molecule has 0 aliphatic carbocycles. The molecule has 0 spiro atoms. The number of methoxy groups -OCH3 is 2. The second kappa shape index (κ2) is 10.3. The zero-order valence-corrected chi connectivity index (χ0v) is 17.7. The lowest BCUT2D eigenvalue weighted by Gasteiger charge is -2.24. The molecular weight excluding hydrogens is 386 g/mol. The van der Waals surface area contributed by atoms with E-state index in [4.69, 9.17) is 14.2 Å². The average molecular weight is 416 g/mol. The van der Waals surface area contributed by atoms with Gasteiger partial charge in [-0.25, -0.2) is 13.6 Å². The Morgan fingerprint density at radius 3 is 2.28 bits per heavy atom. The summed E-state index contributed by atoms with van der Waals surface area (Å²) in [6.45, 7) is 5.84. The number of halogens is 2. The quantitative estimate of drug-likeness (QED) is 0.642. The first kappa shape index (κ1) is 24.5. The predicted octanol–water partition coefficient (Wildman–Crippen LogP) is 3.65. The minimum absolute atomic E-state index is 0.0843. The first-order valence-electron chi connectivity index (χ1n) is 9.20. The zero-order valence-electron chi connectivity index (χ0n) is 17.7. The largest absolute Gasteiger partial charge is 0.497 e. The van der Waals surface area contributed by atoms with Crippen molar-refractivity contribution in [1.82, 2.24) is 10.6 Å². The first-order valence-corrected chi connectivity index (χ1v) is 9.20. The van der Waals surface area contributed by atoms with Crippen LogP contribution in [0.5, 0.6) is 11.5 Å². The maximum atomic E-state index is 13.3. The van der Waals surface area contributed by atoms with Gasteiger partial charge in [-0.2, -0.15) is 0 Å². The fraction of sp³-hybridized carbons (Fsp3) is 0.600. The van der Waals surface area contributed by atoms with Crippen molar-refractivity contribution < 1.29 is 32.6 Å². The second-order valence-electron chi connectivity index (χ2n) is 7.70. The van der Waals surface area contributed by atoms with Crippen molar-refractivity contribution in [1.29, 1.82) is 0 Å². The van der Waals surface area contributed by atoms with Gasteiger partial charge in [0.2, 0.25) is 11.8 Å². The normalized spacial score (nSPS) is 12.7. The van der Waals surface area contributed by atoms with Crippen LogP contribution < -0.4 is 20.1 Å². The van der Waals surface area contributed by atoms with Crippen LogP contribution in [0.1, 0.15) is 46.1 Å². The highest BCUT2D eigenvalue weighted by Crippen LogP contribution is 2.24. The number of amides is 2. The van der Waals surface area contributed by atoms with Crippen molar-refractivity contribution in [3.8, 4) is 11.5 Å². The molecule has 0 fully saturated rings. The SMILES string of the molecule is COc1ccc(CNC(=O)[C@@H](CCC(C)(F)F)NC(=O)OC(C)(C)C)c(OC)c1. The molecule has 7 nitrogen and oxygen atoms in total. The number of rotatable bonds is 9. The van der Waals surface area contributed by atoms with E-state index in [0.717, 1.165) is 6.92 Å². The molecular formula is C20H30F2N2O5. The Kier molecular flexibility index (Phi) is 8.66. The van der Waals surface area contributed by atoms with Gasteiger partial charge >= 0.3 is 6.09 Å². The van der Waals surface area contributed by atoms with Crippen LogP contribution in [-0.4, -0.2) is 43.8 Å². The van der Waals surface area contributed by atoms with Crippen LogP contribution in [0, 0.1) is 0 Å². The molecule has 164 valence electrons. The molecule has 2 N–H and O–H groups in total. The molecule has 1 aromatic rings. The predicted molar refractivity (Wildman–Crippen MR) is 104 cm³/mol. The van der Waals surface area contributed by atoms with E-state index >= 15 is 0 Å². The van der Waals surface area contributed by atoms with E-state index in [0.29, 0.717) is 17.1 Å². The van der Waals surface area contributed by atoms with Crippen LogP contribution in [0.4, 0.5) is 13.6 Å². The number of carbonyl (C=O) groups excluding carboxylic acids is 2. The maximum Gasteiger partial charge on any atom is 0.408 e. The van der Waals surface area contributed by atoms with Crippen LogP contribution in [0.15, 0.2) is 18.2 Å². The Labute approximate surface area is 170 Å². The number of hydrogen-bond acceptors (Lipinski definition) is 5. The molecule has 0 bridgehead atoms. The summed E-state index contributed by atoms with van der Waals surface area (Å²) in [4.78, 5) is 24.6. The van der Waals surface area contributed by atoms with E-state index < -0.39 is 36.0 Å². The minimum Gasteiger partial charge on any atom is -0.497 e. The molecule has 1 rings (SSSR count). The lowest BCUT2D eigenvalue weighted by atomic mass is 10.1. The van der Waals surface area contributed by atoms with E-state index in [-0.39, 0.29) is 13.0 Å². The Bertz CT molecular complexity index is 699. The first-order chi connectivity index (χ1) is 13.3. The highest BCUT2D eigenvalue weighted by Gasteiger charge is 2.29. The topological polar surface area (TPSA) is 85.9 Å². The summed E-state index contributed by atoms with van der Waals surface area (Å²) in [6, 6.07) is 3.92. The minimum atomic E-state index is -2.96. The molecule has 0 aliphatic rings. The molecule has 0 aromatic heterocycles. The van der Waals surface area contributed by atoms with E-state index in [9.17, 15) is 18.4 Å². The van der Waals surface area contributed by atoms with E-state index in [1.807, 2.05) is 0 Å². The van der Waals surface area contributed by atoms with Gasteiger partial charge in [-0.15, -0.1) is 0 Å². The van der Waals surface area contributed by atoms with Gasteiger partial charge in [0.15, 0.2) is 0 Å². The zero-order chi connectivity index (χ0) is 22.2. The molecule has 0 saturated heterocycles. The lowest BCUT2D eigenvalue weighted by Crippen LogP contribution is -2.48. The molecule has 0 unspecified atom stereocenters. The maximum absolute atomic E-state index is 13.3. The van der Waals surface area contributed by atoms with Gasteiger partial charge in [-0.1, -0.05) is 0 Å². The number of carbonyl (C=O) groups is 2. The van der Waals surface area contributed by atoms with Gasteiger partial charge in [-0.3, -0.25) is 4.79 Å². The molecule has 0 aliphatic heterocycles. The summed E-state index contributed by atoms with van der Waals surface area (Å²) in [5.74, 6) is -2.47. The third-order valence-electron chi connectivity index (χ3n) is 3.83. The standard InChI is InChI=1S/C20H30F2N2O5/c1-19(2,3)29-18(26)24-15(9-10-20(4,21)22)17(25)23-12-13-7-8-14(27-5)11-16(13)28-6/h7-8,11,15H,9-10,12H2,1-6H3,(H,23,25)(H,24,26)/t15-/m1/s1. The molecule has 29 heavy (non-hydrogen) atoms. The van der Waals surface area contributed by atoms with Gasteiger partial charge in [-0.05, 0) is 46.2 Å². The van der Waals surface area contributed by atoms with E-state index in [1.165, 1.54) is 14.2 Å². The number of alkyl carbamates (subject to hydrolysis) is 1. The van der Waals surface area contributed by atoms with Crippen LogP contribution in [0.25, 0.3) is 0 Å². The Balaban J connectivity index is 2.83. The van der Waals surface area contributed by atoms with Crippen LogP contribution in [0.3, 0.4) is 0 Å². The summed E-state index contributed by atoms with van der Waals surface area (Å²) in [5.41, 5.74) is -0.116. The van der Waals surface area contributed by atoms with Crippen molar-refractivity contribution in [3.63, 3.8) is 0 Å². The van der Waals surface area contributed by atoms with Crippen molar-refractivity contribution >= 4 is 12.0 Å². The highest BCUT2D eigenvalue weighted by molar-refractivity contribution is 5.85. The smallest absolute Gasteiger partial charge is 0.408 e. The number of nitrogens with one attached hydrogen (secondary N) is 2. The van der Waals surface area contributed by atoms with Crippen molar-refractivity contribution in [2.24, 2.45) is 0 Å². The average Bonchev–Trinajstić information content (AvgIpc) is 2.60. The highest BCUT2D eigenvalue weighted by atomic mass is 19.3. The Hall–Kier alpha value is -2.58. The number of ether oxygens (including phenoxy) is 3. The van der Waals surface area contributed by atoms with E-state index in [2.05, 4.69) is 10.6 Å². The van der Waals surface area contributed by atoms with Gasteiger partial charge in [0.25, 0.3) is 0 Å². The van der Waals surface area contributed by atoms with Crippen LogP contribution >= 0.6 is 0 Å². The Morgan fingerprint density at radius 1 is 1.10 bits per heavy atom. The third-order valence-corrected chi connectivity index (χ3v) is 3.83. The second-order valence-corrected chi connectivity index (χ2v) is 7.70. The molecule has 0 radical (unpaired) electrons. The van der Waals surface area contributed by atoms with Crippen molar-refractivity contribution in [2.45, 2.75) is 64.6 Å². The van der Waals surface area contributed by atoms with Gasteiger partial charge < -0.3 is 24.8 Å². The summed E-state index contributed by atoms with van der Waals surface area (Å²) in [5, 5.41) is 5.01. The number of hydrogen-bond donors (Lipinski definition) is 2. The molecule has 0 saturated carbocycles. The Morgan fingerprint density at radius 2 is 1.76 bits per heavy atom. The fourth-order valence-electron chi connectivity index (χ4n) is 2.42. The lowest BCUT2D eigenvalue weighted by molar-refractivity contribution is -0.123. The van der Waals surface area contributed by atoms with Crippen LogP contribution in [0.2, 0.25) is 0 Å². The molecule has 1 aromatic carbocycles. The molecule has 0 heterocycles. The monoisotopic (exact) mass is 416 g/mol. The van der Waals surface area contributed by atoms with Crippen LogP contribution in [-0.2, 0) is 16.1 Å². The summed E-state index contributed by atoms with van der Waals surface area (Å²) in [7, 11) is 3.00. The summed E-state index contributed by atoms with van der Waals surface area (Å²) >= 11 is 0. The number of benzene rings is 1.